The molecule has 1 atom stereocenters. The molecule has 1 fully saturated rings. The highest BCUT2D eigenvalue weighted by Crippen LogP contribution is 2.46. The van der Waals surface area contributed by atoms with Crippen LogP contribution in [0.2, 0.25) is 0 Å². The van der Waals surface area contributed by atoms with E-state index in [1.54, 1.807) is 12.1 Å². The molecule has 1 N–H and O–H groups in total. The van der Waals surface area contributed by atoms with Crippen molar-refractivity contribution in [3.05, 3.63) is 30.1 Å². The van der Waals surface area contributed by atoms with E-state index >= 15 is 0 Å². The van der Waals surface area contributed by atoms with Crippen molar-refractivity contribution >= 4 is 11.7 Å². The molecular weight excluding hydrogens is 269 g/mol. The molecule has 1 aromatic rings. The topological polar surface area (TPSA) is 38.3 Å². The van der Waals surface area contributed by atoms with Crippen LogP contribution in [0.1, 0.15) is 46.5 Å². The lowest BCUT2D eigenvalue weighted by atomic mass is 9.63. The maximum absolute atomic E-state index is 13.1. The smallest absolute Gasteiger partial charge is 0.332 e. The van der Waals surface area contributed by atoms with Crippen molar-refractivity contribution in [3.8, 4) is 0 Å². The highest BCUT2D eigenvalue weighted by atomic mass is 19.1. The molecule has 0 aliphatic heterocycles. The summed E-state index contributed by atoms with van der Waals surface area (Å²) in [6, 6.07) is 6.13. The van der Waals surface area contributed by atoms with Crippen LogP contribution in [0, 0.1) is 11.2 Å². The van der Waals surface area contributed by atoms with E-state index in [2.05, 4.69) is 19.2 Å². The molecule has 116 valence electrons. The van der Waals surface area contributed by atoms with Gasteiger partial charge in [-0.2, -0.15) is 0 Å². The van der Waals surface area contributed by atoms with Crippen LogP contribution in [0.15, 0.2) is 24.3 Å². The number of halogens is 1. The highest BCUT2D eigenvalue weighted by Gasteiger charge is 2.53. The van der Waals surface area contributed by atoms with E-state index in [9.17, 15) is 9.18 Å². The minimum atomic E-state index is -0.751. The molecule has 1 aromatic carbocycles. The van der Waals surface area contributed by atoms with Crippen LogP contribution >= 0.6 is 0 Å². The Morgan fingerprint density at radius 2 is 1.86 bits per heavy atom. The maximum atomic E-state index is 13.1. The van der Waals surface area contributed by atoms with Crippen molar-refractivity contribution in [2.45, 2.75) is 52.0 Å². The van der Waals surface area contributed by atoms with Crippen LogP contribution < -0.4 is 5.32 Å². The molecule has 0 heterocycles. The number of rotatable bonds is 4. The molecule has 1 aliphatic rings. The molecule has 3 nitrogen and oxygen atoms in total. The summed E-state index contributed by atoms with van der Waals surface area (Å²) >= 11 is 0. The van der Waals surface area contributed by atoms with Crippen LogP contribution in [0.25, 0.3) is 0 Å². The Balaban J connectivity index is 2.35. The third-order valence-corrected chi connectivity index (χ3v) is 4.58. The largest absolute Gasteiger partial charge is 0.464 e. The number of anilines is 1. The van der Waals surface area contributed by atoms with Crippen LogP contribution in [0.4, 0.5) is 10.1 Å². The summed E-state index contributed by atoms with van der Waals surface area (Å²) in [5.41, 5.74) is -0.218. The number of esters is 1. The zero-order valence-electron chi connectivity index (χ0n) is 13.0. The minimum Gasteiger partial charge on any atom is -0.464 e. The Morgan fingerprint density at radius 3 is 2.43 bits per heavy atom. The van der Waals surface area contributed by atoms with Gasteiger partial charge in [-0.25, -0.2) is 9.18 Å². The third-order valence-electron chi connectivity index (χ3n) is 4.58. The minimum absolute atomic E-state index is 0.209. The monoisotopic (exact) mass is 293 g/mol. The number of hydrogen-bond donors (Lipinski definition) is 1. The molecular formula is C17H24FNO2. The second-order valence-electron chi connectivity index (χ2n) is 6.35. The van der Waals surface area contributed by atoms with E-state index in [1.165, 1.54) is 12.1 Å². The maximum Gasteiger partial charge on any atom is 0.332 e. The number of hydrogen-bond acceptors (Lipinski definition) is 3. The molecule has 21 heavy (non-hydrogen) atoms. The standard InChI is InChI=1S/C17H24FNO2/c1-4-21-15(20)17(12-6-5-11-16(17,2)3)19-14-9-7-13(18)8-10-14/h7-10,19H,4-6,11-12H2,1-3H3. The zero-order valence-corrected chi connectivity index (χ0v) is 13.0. The molecule has 1 aliphatic carbocycles. The van der Waals surface area contributed by atoms with Gasteiger partial charge in [0.05, 0.1) is 6.61 Å². The predicted molar refractivity (Wildman–Crippen MR) is 81.6 cm³/mol. The normalized spacial score (nSPS) is 24.4. The van der Waals surface area contributed by atoms with Crippen LogP contribution in [-0.2, 0) is 9.53 Å². The summed E-state index contributed by atoms with van der Waals surface area (Å²) in [6.07, 6.45) is 3.78. The SMILES string of the molecule is CCOC(=O)C1(Nc2ccc(F)cc2)CCCCC1(C)C. The summed E-state index contributed by atoms with van der Waals surface area (Å²) in [7, 11) is 0. The van der Waals surface area contributed by atoms with Gasteiger partial charge < -0.3 is 10.1 Å². The average molecular weight is 293 g/mol. The van der Waals surface area contributed by atoms with Gasteiger partial charge >= 0.3 is 5.97 Å². The van der Waals surface area contributed by atoms with Gasteiger partial charge in [-0.1, -0.05) is 26.7 Å². The second kappa shape index (κ2) is 6.04. The van der Waals surface area contributed by atoms with Crippen molar-refractivity contribution in [2.24, 2.45) is 5.41 Å². The van der Waals surface area contributed by atoms with Gasteiger partial charge in [0, 0.05) is 5.69 Å². The van der Waals surface area contributed by atoms with Crippen LogP contribution in [0.5, 0.6) is 0 Å². The molecule has 0 amide bonds. The highest BCUT2D eigenvalue weighted by molar-refractivity contribution is 5.86. The molecule has 0 saturated heterocycles. The summed E-state index contributed by atoms with van der Waals surface area (Å²) in [6.45, 7) is 6.38. The lowest BCUT2D eigenvalue weighted by molar-refractivity contribution is -0.155. The lowest BCUT2D eigenvalue weighted by Crippen LogP contribution is -2.59. The van der Waals surface area contributed by atoms with Gasteiger partial charge in [0.15, 0.2) is 0 Å². The Kier molecular flexibility index (Phi) is 4.55. The van der Waals surface area contributed by atoms with Gasteiger partial charge in [0.2, 0.25) is 0 Å². The van der Waals surface area contributed by atoms with Gasteiger partial charge in [-0.15, -0.1) is 0 Å². The van der Waals surface area contributed by atoms with Gasteiger partial charge in [-0.05, 0) is 49.4 Å². The van der Waals surface area contributed by atoms with Gasteiger partial charge in [-0.3, -0.25) is 0 Å². The van der Waals surface area contributed by atoms with E-state index in [1.807, 2.05) is 6.92 Å². The van der Waals surface area contributed by atoms with Crippen molar-refractivity contribution in [2.75, 3.05) is 11.9 Å². The van der Waals surface area contributed by atoms with Crippen LogP contribution in [-0.4, -0.2) is 18.1 Å². The molecule has 1 saturated carbocycles. The first-order valence-corrected chi connectivity index (χ1v) is 7.62. The number of nitrogens with one attached hydrogen (secondary N) is 1. The van der Waals surface area contributed by atoms with Crippen molar-refractivity contribution in [1.82, 2.24) is 0 Å². The lowest BCUT2D eigenvalue weighted by Gasteiger charge is -2.48. The van der Waals surface area contributed by atoms with E-state index in [0.29, 0.717) is 6.61 Å². The molecule has 0 aromatic heterocycles. The van der Waals surface area contributed by atoms with Gasteiger partial charge in [0.25, 0.3) is 0 Å². The zero-order chi connectivity index (χ0) is 15.5. The Morgan fingerprint density at radius 1 is 1.24 bits per heavy atom. The molecule has 1 unspecified atom stereocenters. The van der Waals surface area contributed by atoms with E-state index in [4.69, 9.17) is 4.74 Å². The van der Waals surface area contributed by atoms with Crippen molar-refractivity contribution < 1.29 is 13.9 Å². The molecule has 0 spiro atoms. The van der Waals surface area contributed by atoms with E-state index < -0.39 is 5.54 Å². The Bertz CT molecular complexity index is 498. The first-order chi connectivity index (χ1) is 9.91. The Hall–Kier alpha value is -1.58. The fourth-order valence-electron chi connectivity index (χ4n) is 3.20. The van der Waals surface area contributed by atoms with Crippen LogP contribution in [0.3, 0.4) is 0 Å². The third kappa shape index (κ3) is 3.04. The first kappa shape index (κ1) is 15.8. The van der Waals surface area contributed by atoms with Gasteiger partial charge in [0.1, 0.15) is 11.4 Å². The quantitative estimate of drug-likeness (QED) is 0.848. The fraction of sp³-hybridized carbons (Fsp3) is 0.588. The second-order valence-corrected chi connectivity index (χ2v) is 6.35. The fourth-order valence-corrected chi connectivity index (χ4v) is 3.20. The predicted octanol–water partition coefficient (Wildman–Crippen LogP) is 4.14. The van der Waals surface area contributed by atoms with E-state index in [0.717, 1.165) is 31.4 Å². The van der Waals surface area contributed by atoms with Crippen molar-refractivity contribution in [1.29, 1.82) is 0 Å². The molecule has 0 bridgehead atoms. The number of benzene rings is 1. The molecule has 0 radical (unpaired) electrons. The summed E-state index contributed by atoms with van der Waals surface area (Å²) in [5, 5.41) is 3.36. The molecule has 4 heteroatoms. The number of carbonyl (C=O) groups excluding carboxylic acids is 1. The summed E-state index contributed by atoms with van der Waals surface area (Å²) in [5.74, 6) is -0.493. The molecule has 2 rings (SSSR count). The first-order valence-electron chi connectivity index (χ1n) is 7.62. The summed E-state index contributed by atoms with van der Waals surface area (Å²) < 4.78 is 18.4. The number of ether oxygens (including phenoxy) is 1. The number of carbonyl (C=O) groups is 1. The van der Waals surface area contributed by atoms with Crippen molar-refractivity contribution in [3.63, 3.8) is 0 Å². The Labute approximate surface area is 125 Å². The van der Waals surface area contributed by atoms with E-state index in [-0.39, 0.29) is 17.2 Å². The summed E-state index contributed by atoms with van der Waals surface area (Å²) in [4.78, 5) is 12.6. The average Bonchev–Trinajstić information content (AvgIpc) is 2.43.